The Hall–Kier alpha value is -1.54. The lowest BCUT2D eigenvalue weighted by atomic mass is 9.79. The third-order valence-corrected chi connectivity index (χ3v) is 5.67. The van der Waals surface area contributed by atoms with E-state index in [4.69, 9.17) is 4.74 Å². The van der Waals surface area contributed by atoms with Gasteiger partial charge in [0.25, 0.3) is 0 Å². The third kappa shape index (κ3) is 6.24. The van der Waals surface area contributed by atoms with Gasteiger partial charge in [0.2, 0.25) is 0 Å². The first kappa shape index (κ1) is 23.5. The maximum Gasteiger partial charge on any atom is 0.324 e. The fourth-order valence-electron chi connectivity index (χ4n) is 4.19. The lowest BCUT2D eigenvalue weighted by Gasteiger charge is -2.30. The Labute approximate surface area is 165 Å². The van der Waals surface area contributed by atoms with Gasteiger partial charge in [-0.1, -0.05) is 45.4 Å². The first-order valence-corrected chi connectivity index (χ1v) is 10.2. The molecular formula is C22H33O4P. The van der Waals surface area contributed by atoms with Gasteiger partial charge in [0.1, 0.15) is 0 Å². The molecule has 0 aliphatic rings. The van der Waals surface area contributed by atoms with E-state index in [1.54, 1.807) is 0 Å². The maximum atomic E-state index is 13.1. The van der Waals surface area contributed by atoms with Gasteiger partial charge in [0.15, 0.2) is 19.4 Å². The number of hydrogen-bond donors (Lipinski definition) is 0. The van der Waals surface area contributed by atoms with Crippen molar-refractivity contribution in [2.45, 2.75) is 72.9 Å². The average Bonchev–Trinajstić information content (AvgIpc) is 2.50. The number of ether oxygens (including phenoxy) is 1. The summed E-state index contributed by atoms with van der Waals surface area (Å²) in [5.74, 6) is -0.629. The van der Waals surface area contributed by atoms with Crippen LogP contribution in [0.3, 0.4) is 0 Å². The Bertz CT molecular complexity index is 695. The molecule has 150 valence electrons. The second kappa shape index (κ2) is 9.10. The van der Waals surface area contributed by atoms with Gasteiger partial charge in [-0.05, 0) is 56.1 Å². The minimum absolute atomic E-state index is 0.0786. The van der Waals surface area contributed by atoms with E-state index in [-0.39, 0.29) is 32.0 Å². The summed E-state index contributed by atoms with van der Waals surface area (Å²) in [5, 5.41) is -1.35. The monoisotopic (exact) mass is 392 g/mol. The standard InChI is InChI=1S/C22H33O4P/c1-14-9-16(3)19(17(4)10-14)18(23)13-22(27-25,20(24)26-8)12-15(2)11-21(5,6)7/h9-10,15H,11-13H2,1-8H3. The van der Waals surface area contributed by atoms with Crippen molar-refractivity contribution >= 4 is 20.2 Å². The average molecular weight is 392 g/mol. The molecule has 0 saturated carbocycles. The molecule has 0 amide bonds. The van der Waals surface area contributed by atoms with Crippen molar-refractivity contribution in [1.29, 1.82) is 0 Å². The molecule has 27 heavy (non-hydrogen) atoms. The van der Waals surface area contributed by atoms with Crippen LogP contribution in [0.2, 0.25) is 0 Å². The smallest absolute Gasteiger partial charge is 0.324 e. The molecular weight excluding hydrogens is 359 g/mol. The molecule has 1 aromatic rings. The van der Waals surface area contributed by atoms with E-state index in [2.05, 4.69) is 20.8 Å². The van der Waals surface area contributed by atoms with E-state index in [1.165, 1.54) is 7.11 Å². The van der Waals surface area contributed by atoms with Crippen LogP contribution in [0, 0.1) is 32.1 Å². The second-order valence-electron chi connectivity index (χ2n) is 9.06. The van der Waals surface area contributed by atoms with Gasteiger partial charge in [-0.3, -0.25) is 14.2 Å². The van der Waals surface area contributed by atoms with Crippen LogP contribution in [0.5, 0.6) is 0 Å². The van der Waals surface area contributed by atoms with Crippen molar-refractivity contribution in [1.82, 2.24) is 0 Å². The summed E-state index contributed by atoms with van der Waals surface area (Å²) in [7, 11) is 0.914. The van der Waals surface area contributed by atoms with Crippen molar-refractivity contribution in [3.8, 4) is 0 Å². The van der Waals surface area contributed by atoms with Gasteiger partial charge in [0.05, 0.1) is 7.11 Å². The summed E-state index contributed by atoms with van der Waals surface area (Å²) in [6, 6.07) is 3.91. The molecule has 5 heteroatoms. The molecule has 0 heterocycles. The maximum absolute atomic E-state index is 13.1. The normalized spacial score (nSPS) is 15.3. The summed E-state index contributed by atoms with van der Waals surface area (Å²) in [5.41, 5.74) is 3.53. The van der Waals surface area contributed by atoms with Gasteiger partial charge in [-0.2, -0.15) is 0 Å². The van der Waals surface area contributed by atoms with Crippen LogP contribution in [-0.2, 0) is 14.1 Å². The fraction of sp³-hybridized carbons (Fsp3) is 0.636. The molecule has 0 fully saturated rings. The number of carbonyl (C=O) groups excluding carboxylic acids is 2. The molecule has 0 bridgehead atoms. The van der Waals surface area contributed by atoms with Crippen LogP contribution in [-0.4, -0.2) is 24.0 Å². The van der Waals surface area contributed by atoms with Crippen LogP contribution in [0.15, 0.2) is 12.1 Å². The van der Waals surface area contributed by atoms with Gasteiger partial charge in [-0.25, -0.2) is 0 Å². The van der Waals surface area contributed by atoms with Crippen LogP contribution < -0.4 is 0 Å². The van der Waals surface area contributed by atoms with Crippen LogP contribution >= 0.6 is 8.46 Å². The first-order valence-electron chi connectivity index (χ1n) is 9.39. The molecule has 2 unspecified atom stereocenters. The summed E-state index contributed by atoms with van der Waals surface area (Å²) < 4.78 is 17.1. The van der Waals surface area contributed by atoms with E-state index in [0.717, 1.165) is 23.1 Å². The zero-order valence-corrected chi connectivity index (χ0v) is 18.8. The summed E-state index contributed by atoms with van der Waals surface area (Å²) in [6.07, 6.45) is 1.08. The molecule has 0 aliphatic carbocycles. The van der Waals surface area contributed by atoms with E-state index in [0.29, 0.717) is 12.0 Å². The molecule has 0 aromatic heterocycles. The van der Waals surface area contributed by atoms with Crippen molar-refractivity contribution < 1.29 is 18.9 Å². The number of methoxy groups -OCH3 is 1. The van der Waals surface area contributed by atoms with Crippen LogP contribution in [0.4, 0.5) is 0 Å². The SMILES string of the molecule is COC(=O)C(CC(=O)c1c(C)cc(C)cc1C)(CC(C)CC(C)(C)C)P=O. The second-order valence-corrected chi connectivity index (χ2v) is 10.1. The molecule has 0 N–H and O–H groups in total. The molecule has 0 saturated heterocycles. The highest BCUT2D eigenvalue weighted by atomic mass is 31.1. The van der Waals surface area contributed by atoms with E-state index in [1.807, 2.05) is 39.8 Å². The molecule has 2 atom stereocenters. The van der Waals surface area contributed by atoms with Crippen molar-refractivity contribution in [2.75, 3.05) is 7.11 Å². The minimum atomic E-state index is -1.35. The number of Topliss-reactive ketones (excluding diaryl/α,β-unsaturated/α-hetero) is 1. The summed E-state index contributed by atoms with van der Waals surface area (Å²) in [6.45, 7) is 14.2. The Morgan fingerprint density at radius 3 is 2.00 bits per heavy atom. The Kier molecular flexibility index (Phi) is 7.92. The van der Waals surface area contributed by atoms with E-state index < -0.39 is 11.1 Å². The first-order chi connectivity index (χ1) is 12.3. The number of aryl methyl sites for hydroxylation is 3. The quantitative estimate of drug-likeness (QED) is 0.316. The summed E-state index contributed by atoms with van der Waals surface area (Å²) >= 11 is 0. The van der Waals surface area contributed by atoms with Crippen molar-refractivity contribution in [3.63, 3.8) is 0 Å². The third-order valence-electron chi connectivity index (χ3n) is 4.80. The molecule has 1 aromatic carbocycles. The number of hydrogen-bond acceptors (Lipinski definition) is 4. The van der Waals surface area contributed by atoms with Gasteiger partial charge < -0.3 is 4.74 Å². The van der Waals surface area contributed by atoms with Crippen molar-refractivity contribution in [3.05, 3.63) is 34.4 Å². The van der Waals surface area contributed by atoms with E-state index in [9.17, 15) is 14.2 Å². The van der Waals surface area contributed by atoms with Gasteiger partial charge in [0, 0.05) is 12.0 Å². The highest BCUT2D eigenvalue weighted by Gasteiger charge is 2.45. The number of carbonyl (C=O) groups is 2. The van der Waals surface area contributed by atoms with Crippen LogP contribution in [0.25, 0.3) is 0 Å². The molecule has 0 spiro atoms. The zero-order valence-electron chi connectivity index (χ0n) is 17.9. The molecule has 0 radical (unpaired) electrons. The Morgan fingerprint density at radius 2 is 1.59 bits per heavy atom. The zero-order chi connectivity index (χ0) is 21.0. The van der Waals surface area contributed by atoms with Crippen molar-refractivity contribution in [2.24, 2.45) is 11.3 Å². The van der Waals surface area contributed by atoms with E-state index >= 15 is 0 Å². The number of benzene rings is 1. The lowest BCUT2D eigenvalue weighted by molar-refractivity contribution is -0.144. The largest absolute Gasteiger partial charge is 0.468 e. The Balaban J connectivity index is 3.24. The van der Waals surface area contributed by atoms with Gasteiger partial charge >= 0.3 is 5.97 Å². The van der Waals surface area contributed by atoms with Crippen LogP contribution in [0.1, 0.15) is 74.0 Å². The van der Waals surface area contributed by atoms with Gasteiger partial charge in [-0.15, -0.1) is 0 Å². The summed E-state index contributed by atoms with van der Waals surface area (Å²) in [4.78, 5) is 25.7. The Morgan fingerprint density at radius 1 is 1.07 bits per heavy atom. The molecule has 4 nitrogen and oxygen atoms in total. The molecule has 1 rings (SSSR count). The molecule has 0 aliphatic heterocycles. The lowest BCUT2D eigenvalue weighted by Crippen LogP contribution is -2.39. The number of ketones is 1. The highest BCUT2D eigenvalue weighted by Crippen LogP contribution is 2.40. The predicted octanol–water partition coefficient (Wildman–Crippen LogP) is 5.85. The number of esters is 1. The fourth-order valence-corrected chi connectivity index (χ4v) is 4.95. The topological polar surface area (TPSA) is 60.4 Å². The minimum Gasteiger partial charge on any atom is -0.468 e. The predicted molar refractivity (Wildman–Crippen MR) is 110 cm³/mol. The highest BCUT2D eigenvalue weighted by molar-refractivity contribution is 7.28. The number of rotatable bonds is 8.